The molecule has 2 aliphatic heterocycles. The molecule has 1 aromatic rings. The van der Waals surface area contributed by atoms with E-state index >= 15 is 0 Å². The highest BCUT2D eigenvalue weighted by Gasteiger charge is 2.42. The highest BCUT2D eigenvalue weighted by Crippen LogP contribution is 2.39. The molecule has 2 atom stereocenters. The summed E-state index contributed by atoms with van der Waals surface area (Å²) in [4.78, 5) is 14.7. The number of sulfone groups is 1. The fourth-order valence-corrected chi connectivity index (χ4v) is 4.07. The van der Waals surface area contributed by atoms with Crippen LogP contribution in [-0.4, -0.2) is 57.2 Å². The van der Waals surface area contributed by atoms with Crippen molar-refractivity contribution in [1.29, 1.82) is 0 Å². The number of piperazine rings is 1. The van der Waals surface area contributed by atoms with Crippen molar-refractivity contribution < 1.29 is 26.4 Å². The standard InChI is InChI=1S/C15H18F3N3O3S/c1-25(23,24)10-2-3-13(11(7-10)15(16,17)18)20-4-5-21-9(8-20)6-12(19)14(21)22/h2-3,7,9,12H,4-6,8,19H2,1H3. The molecule has 0 spiro atoms. The molecule has 0 aliphatic carbocycles. The number of nitrogens with zero attached hydrogens (tertiary/aromatic N) is 2. The zero-order valence-electron chi connectivity index (χ0n) is 13.5. The third kappa shape index (κ3) is 3.32. The Labute approximate surface area is 143 Å². The van der Waals surface area contributed by atoms with Crippen LogP contribution in [0.3, 0.4) is 0 Å². The second-order valence-electron chi connectivity index (χ2n) is 6.42. The van der Waals surface area contributed by atoms with Gasteiger partial charge in [0.05, 0.1) is 22.5 Å². The predicted molar refractivity (Wildman–Crippen MR) is 84.9 cm³/mol. The first-order valence-corrected chi connectivity index (χ1v) is 9.60. The lowest BCUT2D eigenvalue weighted by atomic mass is 10.1. The average molecular weight is 377 g/mol. The van der Waals surface area contributed by atoms with Gasteiger partial charge < -0.3 is 15.5 Å². The van der Waals surface area contributed by atoms with Crippen molar-refractivity contribution in [1.82, 2.24) is 4.90 Å². The number of alkyl halides is 3. The van der Waals surface area contributed by atoms with Crippen molar-refractivity contribution in [3.63, 3.8) is 0 Å². The maximum absolute atomic E-state index is 13.5. The van der Waals surface area contributed by atoms with E-state index in [4.69, 9.17) is 5.73 Å². The van der Waals surface area contributed by atoms with Crippen LogP contribution >= 0.6 is 0 Å². The van der Waals surface area contributed by atoms with Crippen molar-refractivity contribution >= 4 is 21.4 Å². The quantitative estimate of drug-likeness (QED) is 0.826. The normalized spacial score (nSPS) is 24.6. The van der Waals surface area contributed by atoms with E-state index in [0.717, 1.165) is 6.26 Å². The fraction of sp³-hybridized carbons (Fsp3) is 0.533. The molecule has 0 radical (unpaired) electrons. The van der Waals surface area contributed by atoms with Crippen LogP contribution in [0, 0.1) is 0 Å². The summed E-state index contributed by atoms with van der Waals surface area (Å²) < 4.78 is 63.5. The molecule has 138 valence electrons. The van der Waals surface area contributed by atoms with Gasteiger partial charge >= 0.3 is 6.18 Å². The first kappa shape index (κ1) is 18.0. The zero-order valence-corrected chi connectivity index (χ0v) is 14.3. The van der Waals surface area contributed by atoms with E-state index in [9.17, 15) is 26.4 Å². The second kappa shape index (κ2) is 5.87. The summed E-state index contributed by atoms with van der Waals surface area (Å²) in [6.45, 7) is 0.763. The number of halogens is 3. The highest BCUT2D eigenvalue weighted by molar-refractivity contribution is 7.90. The minimum atomic E-state index is -4.69. The van der Waals surface area contributed by atoms with Gasteiger partial charge in [0.2, 0.25) is 5.91 Å². The Morgan fingerprint density at radius 1 is 1.24 bits per heavy atom. The van der Waals surface area contributed by atoms with Gasteiger partial charge in [0.25, 0.3) is 0 Å². The third-order valence-electron chi connectivity index (χ3n) is 4.65. The molecule has 10 heteroatoms. The molecule has 2 fully saturated rings. The lowest BCUT2D eigenvalue weighted by Gasteiger charge is -2.39. The number of carbonyl (C=O) groups excluding carboxylic acids is 1. The number of benzene rings is 1. The van der Waals surface area contributed by atoms with Crippen LogP contribution in [0.25, 0.3) is 0 Å². The summed E-state index contributed by atoms with van der Waals surface area (Å²) in [5, 5.41) is 0. The topological polar surface area (TPSA) is 83.7 Å². The number of amides is 1. The van der Waals surface area contributed by atoms with Crippen LogP contribution in [-0.2, 0) is 20.8 Å². The van der Waals surface area contributed by atoms with Gasteiger partial charge in [0, 0.05) is 31.6 Å². The van der Waals surface area contributed by atoms with Crippen LogP contribution in [0.15, 0.2) is 23.1 Å². The summed E-state index contributed by atoms with van der Waals surface area (Å²) in [5.41, 5.74) is 4.67. The molecular formula is C15H18F3N3O3S. The lowest BCUT2D eigenvalue weighted by Crippen LogP contribution is -2.52. The predicted octanol–water partition coefficient (Wildman–Crippen LogP) is 0.857. The fourth-order valence-electron chi connectivity index (χ4n) is 3.42. The van der Waals surface area contributed by atoms with Gasteiger partial charge in [0.15, 0.2) is 9.84 Å². The van der Waals surface area contributed by atoms with Crippen LogP contribution in [0.4, 0.5) is 18.9 Å². The molecule has 0 aromatic heterocycles. The number of carbonyl (C=O) groups is 1. The Kier molecular flexibility index (Phi) is 4.23. The number of hydrogen-bond donors (Lipinski definition) is 1. The lowest BCUT2D eigenvalue weighted by molar-refractivity contribution is -0.137. The molecule has 3 rings (SSSR count). The Hall–Kier alpha value is -1.81. The molecule has 2 N–H and O–H groups in total. The molecule has 2 saturated heterocycles. The van der Waals surface area contributed by atoms with Crippen LogP contribution in [0.5, 0.6) is 0 Å². The van der Waals surface area contributed by atoms with Gasteiger partial charge in [0.1, 0.15) is 0 Å². The van der Waals surface area contributed by atoms with Crippen molar-refractivity contribution in [2.24, 2.45) is 5.73 Å². The molecular weight excluding hydrogens is 359 g/mol. The largest absolute Gasteiger partial charge is 0.418 e. The highest BCUT2D eigenvalue weighted by atomic mass is 32.2. The first-order valence-electron chi connectivity index (χ1n) is 7.71. The van der Waals surface area contributed by atoms with E-state index in [2.05, 4.69) is 0 Å². The minimum absolute atomic E-state index is 0.0764. The SMILES string of the molecule is CS(=O)(=O)c1ccc(N2CCN3C(=O)C(N)CC3C2)c(C(F)(F)F)c1. The van der Waals surface area contributed by atoms with Crippen LogP contribution < -0.4 is 10.6 Å². The molecule has 6 nitrogen and oxygen atoms in total. The molecule has 2 unspecified atom stereocenters. The number of anilines is 1. The van der Waals surface area contributed by atoms with Gasteiger partial charge in [-0.2, -0.15) is 13.2 Å². The van der Waals surface area contributed by atoms with Gasteiger partial charge in [-0.25, -0.2) is 8.42 Å². The van der Waals surface area contributed by atoms with Crippen LogP contribution in [0.2, 0.25) is 0 Å². The third-order valence-corrected chi connectivity index (χ3v) is 5.76. The Balaban J connectivity index is 1.96. The monoisotopic (exact) mass is 377 g/mol. The van der Waals surface area contributed by atoms with Crippen molar-refractivity contribution in [2.75, 3.05) is 30.8 Å². The van der Waals surface area contributed by atoms with E-state index in [1.807, 2.05) is 0 Å². The molecule has 1 amide bonds. The van der Waals surface area contributed by atoms with E-state index in [1.165, 1.54) is 12.1 Å². The van der Waals surface area contributed by atoms with Gasteiger partial charge in [-0.3, -0.25) is 4.79 Å². The molecule has 1 aromatic carbocycles. The van der Waals surface area contributed by atoms with E-state index in [1.54, 1.807) is 9.80 Å². The number of nitrogens with two attached hydrogens (primary N) is 1. The zero-order chi connectivity index (χ0) is 18.6. The second-order valence-corrected chi connectivity index (χ2v) is 8.44. The van der Waals surface area contributed by atoms with E-state index in [-0.39, 0.29) is 35.6 Å². The van der Waals surface area contributed by atoms with Crippen molar-refractivity contribution in [2.45, 2.75) is 29.6 Å². The Morgan fingerprint density at radius 3 is 2.52 bits per heavy atom. The first-order chi connectivity index (χ1) is 11.5. The summed E-state index contributed by atoms with van der Waals surface area (Å²) in [6, 6.07) is 2.19. The molecule has 0 bridgehead atoms. The Bertz CT molecular complexity index is 810. The Morgan fingerprint density at radius 2 is 1.92 bits per heavy atom. The molecule has 0 saturated carbocycles. The number of hydrogen-bond acceptors (Lipinski definition) is 5. The summed E-state index contributed by atoms with van der Waals surface area (Å²) >= 11 is 0. The number of rotatable bonds is 2. The van der Waals surface area contributed by atoms with Gasteiger partial charge in [-0.05, 0) is 24.6 Å². The van der Waals surface area contributed by atoms with Crippen molar-refractivity contribution in [3.05, 3.63) is 23.8 Å². The summed E-state index contributed by atoms with van der Waals surface area (Å²) in [7, 11) is -3.75. The van der Waals surface area contributed by atoms with Gasteiger partial charge in [-0.15, -0.1) is 0 Å². The van der Waals surface area contributed by atoms with E-state index < -0.39 is 27.6 Å². The summed E-state index contributed by atoms with van der Waals surface area (Å²) in [5.74, 6) is -0.173. The van der Waals surface area contributed by atoms with E-state index in [0.29, 0.717) is 19.0 Å². The van der Waals surface area contributed by atoms with Crippen LogP contribution in [0.1, 0.15) is 12.0 Å². The maximum atomic E-state index is 13.5. The smallest absolute Gasteiger partial charge is 0.367 e. The van der Waals surface area contributed by atoms with Crippen molar-refractivity contribution in [3.8, 4) is 0 Å². The molecule has 2 aliphatic rings. The minimum Gasteiger partial charge on any atom is -0.367 e. The molecule has 25 heavy (non-hydrogen) atoms. The maximum Gasteiger partial charge on any atom is 0.418 e. The average Bonchev–Trinajstić information content (AvgIpc) is 2.79. The summed E-state index contributed by atoms with van der Waals surface area (Å²) in [6.07, 6.45) is -3.42. The molecule has 2 heterocycles. The van der Waals surface area contributed by atoms with Gasteiger partial charge in [-0.1, -0.05) is 0 Å². The number of fused-ring (bicyclic) bond motifs is 1.